The number of rotatable bonds is 4. The molecular formula is C14H22N2O3. The molecule has 2 atom stereocenters. The first-order valence-corrected chi connectivity index (χ1v) is 6.61. The lowest BCUT2D eigenvalue weighted by Crippen LogP contribution is -2.44. The number of benzene rings is 1. The molecule has 1 aliphatic rings. The highest BCUT2D eigenvalue weighted by atomic mass is 16.5. The largest absolute Gasteiger partial charge is 0.508 e. The van der Waals surface area contributed by atoms with Crippen LogP contribution in [0.1, 0.15) is 18.5 Å². The van der Waals surface area contributed by atoms with Crippen LogP contribution in [0.4, 0.5) is 0 Å². The van der Waals surface area contributed by atoms with Gasteiger partial charge in [0.15, 0.2) is 0 Å². The van der Waals surface area contributed by atoms with Gasteiger partial charge in [0.2, 0.25) is 0 Å². The second-order valence-corrected chi connectivity index (χ2v) is 5.10. The zero-order valence-electron chi connectivity index (χ0n) is 11.5. The highest BCUT2D eigenvalue weighted by Crippen LogP contribution is 2.27. The molecule has 0 spiro atoms. The minimum absolute atomic E-state index is 0.0887. The minimum atomic E-state index is 0.0887. The third kappa shape index (κ3) is 3.83. The summed E-state index contributed by atoms with van der Waals surface area (Å²) in [5, 5.41) is 22.4. The molecule has 0 amide bonds. The van der Waals surface area contributed by atoms with Crippen molar-refractivity contribution in [2.45, 2.75) is 19.1 Å². The van der Waals surface area contributed by atoms with Crippen molar-refractivity contribution < 1.29 is 14.9 Å². The third-order valence-electron chi connectivity index (χ3n) is 3.56. The zero-order chi connectivity index (χ0) is 13.8. The van der Waals surface area contributed by atoms with E-state index in [2.05, 4.69) is 10.2 Å². The summed E-state index contributed by atoms with van der Waals surface area (Å²) in [6, 6.07) is 4.80. The first-order valence-electron chi connectivity index (χ1n) is 6.61. The van der Waals surface area contributed by atoms with Gasteiger partial charge in [-0.15, -0.1) is 0 Å². The van der Waals surface area contributed by atoms with Crippen molar-refractivity contribution in [1.29, 1.82) is 0 Å². The van der Waals surface area contributed by atoms with Crippen LogP contribution in [-0.4, -0.2) is 54.5 Å². The Morgan fingerprint density at radius 2 is 2.05 bits per heavy atom. The van der Waals surface area contributed by atoms with E-state index in [4.69, 9.17) is 4.74 Å². The van der Waals surface area contributed by atoms with Crippen LogP contribution < -0.4 is 5.32 Å². The Hall–Kier alpha value is -1.30. The Morgan fingerprint density at radius 3 is 2.63 bits per heavy atom. The van der Waals surface area contributed by atoms with Crippen molar-refractivity contribution in [2.75, 3.05) is 33.3 Å². The van der Waals surface area contributed by atoms with Gasteiger partial charge in [-0.2, -0.15) is 0 Å². The van der Waals surface area contributed by atoms with Crippen LogP contribution >= 0.6 is 0 Å². The highest BCUT2D eigenvalue weighted by Gasteiger charge is 2.20. The maximum Gasteiger partial charge on any atom is 0.119 e. The van der Waals surface area contributed by atoms with E-state index in [0.29, 0.717) is 0 Å². The van der Waals surface area contributed by atoms with Gasteiger partial charge in [-0.3, -0.25) is 4.90 Å². The predicted octanol–water partition coefficient (Wildman–Crippen LogP) is 1.08. The molecule has 3 N–H and O–H groups in total. The van der Waals surface area contributed by atoms with E-state index >= 15 is 0 Å². The van der Waals surface area contributed by atoms with Crippen molar-refractivity contribution >= 4 is 0 Å². The number of phenolic OH excluding ortho intramolecular Hbond substituents is 2. The number of hydrogen-bond donors (Lipinski definition) is 3. The maximum atomic E-state index is 9.53. The highest BCUT2D eigenvalue weighted by molar-refractivity contribution is 5.37. The standard InChI is InChI=1S/C14H22N2O3/c1-10(11-5-12(17)7-13(18)6-11)16(2)9-14-8-15-3-4-19-14/h5-7,10,14-15,17-18H,3-4,8-9H2,1-2H3. The Morgan fingerprint density at radius 1 is 1.37 bits per heavy atom. The average molecular weight is 266 g/mol. The van der Waals surface area contributed by atoms with Crippen LogP contribution in [0.25, 0.3) is 0 Å². The molecular weight excluding hydrogens is 244 g/mol. The fraction of sp³-hybridized carbons (Fsp3) is 0.571. The molecule has 2 rings (SSSR count). The molecule has 2 unspecified atom stereocenters. The minimum Gasteiger partial charge on any atom is -0.508 e. The first kappa shape index (κ1) is 14.1. The summed E-state index contributed by atoms with van der Waals surface area (Å²) in [6.45, 7) is 5.38. The summed E-state index contributed by atoms with van der Waals surface area (Å²) in [4.78, 5) is 2.16. The predicted molar refractivity (Wildman–Crippen MR) is 73.4 cm³/mol. The Balaban J connectivity index is 1.99. The van der Waals surface area contributed by atoms with E-state index in [9.17, 15) is 10.2 Å². The molecule has 5 heteroatoms. The smallest absolute Gasteiger partial charge is 0.119 e. The second kappa shape index (κ2) is 6.23. The number of phenols is 2. The van der Waals surface area contributed by atoms with Gasteiger partial charge in [0.25, 0.3) is 0 Å². The Labute approximate surface area is 113 Å². The lowest BCUT2D eigenvalue weighted by Gasteiger charge is -2.31. The molecule has 0 aromatic heterocycles. The van der Waals surface area contributed by atoms with Crippen LogP contribution in [0.15, 0.2) is 18.2 Å². The lowest BCUT2D eigenvalue weighted by atomic mass is 10.1. The molecule has 1 fully saturated rings. The van der Waals surface area contributed by atoms with E-state index in [1.165, 1.54) is 6.07 Å². The fourth-order valence-electron chi connectivity index (χ4n) is 2.33. The summed E-state index contributed by atoms with van der Waals surface area (Å²) < 4.78 is 5.68. The molecule has 0 saturated carbocycles. The number of nitrogens with zero attached hydrogens (tertiary/aromatic N) is 1. The first-order chi connectivity index (χ1) is 9.06. The molecule has 0 bridgehead atoms. The number of nitrogens with one attached hydrogen (secondary N) is 1. The van der Waals surface area contributed by atoms with Crippen molar-refractivity contribution in [3.63, 3.8) is 0 Å². The molecule has 1 aliphatic heterocycles. The second-order valence-electron chi connectivity index (χ2n) is 5.10. The molecule has 0 radical (unpaired) electrons. The quantitative estimate of drug-likeness (QED) is 0.761. The van der Waals surface area contributed by atoms with Crippen molar-refractivity contribution in [3.05, 3.63) is 23.8 Å². The number of hydrogen-bond acceptors (Lipinski definition) is 5. The van der Waals surface area contributed by atoms with Crippen molar-refractivity contribution in [1.82, 2.24) is 10.2 Å². The van der Waals surface area contributed by atoms with E-state index in [-0.39, 0.29) is 23.6 Å². The zero-order valence-corrected chi connectivity index (χ0v) is 11.5. The lowest BCUT2D eigenvalue weighted by molar-refractivity contribution is 0.00392. The van der Waals surface area contributed by atoms with Gasteiger partial charge in [0.1, 0.15) is 11.5 Å². The normalized spacial score (nSPS) is 21.5. The van der Waals surface area contributed by atoms with Crippen LogP contribution in [0.3, 0.4) is 0 Å². The van der Waals surface area contributed by atoms with Gasteiger partial charge in [0, 0.05) is 31.7 Å². The van der Waals surface area contributed by atoms with Gasteiger partial charge in [-0.25, -0.2) is 0 Å². The fourth-order valence-corrected chi connectivity index (χ4v) is 2.33. The van der Waals surface area contributed by atoms with Crippen molar-refractivity contribution in [2.24, 2.45) is 0 Å². The van der Waals surface area contributed by atoms with Crippen LogP contribution in [0.2, 0.25) is 0 Å². The Kier molecular flexibility index (Phi) is 4.63. The van der Waals surface area contributed by atoms with Gasteiger partial charge in [-0.05, 0) is 31.7 Å². The van der Waals surface area contributed by atoms with Gasteiger partial charge < -0.3 is 20.3 Å². The monoisotopic (exact) mass is 266 g/mol. The Bertz CT molecular complexity index is 399. The van der Waals surface area contributed by atoms with E-state index < -0.39 is 0 Å². The van der Waals surface area contributed by atoms with Gasteiger partial charge >= 0.3 is 0 Å². The number of likely N-dealkylation sites (N-methyl/N-ethyl adjacent to an activating group) is 1. The van der Waals surface area contributed by atoms with Crippen LogP contribution in [-0.2, 0) is 4.74 Å². The van der Waals surface area contributed by atoms with E-state index in [1.807, 2.05) is 14.0 Å². The molecule has 1 aromatic rings. The maximum absolute atomic E-state index is 9.53. The van der Waals surface area contributed by atoms with Gasteiger partial charge in [-0.1, -0.05) is 0 Å². The summed E-state index contributed by atoms with van der Waals surface area (Å²) in [5.74, 6) is 0.177. The number of morpholine rings is 1. The molecule has 5 nitrogen and oxygen atoms in total. The summed E-state index contributed by atoms with van der Waals surface area (Å²) in [6.07, 6.45) is 0.187. The molecule has 1 saturated heterocycles. The molecule has 106 valence electrons. The summed E-state index contributed by atoms with van der Waals surface area (Å²) in [5.41, 5.74) is 0.892. The van der Waals surface area contributed by atoms with Gasteiger partial charge in [0.05, 0.1) is 12.7 Å². The number of aromatic hydroxyl groups is 2. The van der Waals surface area contributed by atoms with E-state index in [0.717, 1.165) is 31.8 Å². The average Bonchev–Trinajstić information content (AvgIpc) is 2.37. The molecule has 0 aliphatic carbocycles. The molecule has 1 heterocycles. The molecule has 1 aromatic carbocycles. The summed E-state index contributed by atoms with van der Waals surface area (Å²) in [7, 11) is 2.02. The summed E-state index contributed by atoms with van der Waals surface area (Å²) >= 11 is 0. The van der Waals surface area contributed by atoms with Crippen LogP contribution in [0, 0.1) is 0 Å². The SMILES string of the molecule is CC(c1cc(O)cc(O)c1)N(C)CC1CNCCO1. The molecule has 19 heavy (non-hydrogen) atoms. The van der Waals surface area contributed by atoms with Crippen LogP contribution in [0.5, 0.6) is 11.5 Å². The number of ether oxygens (including phenoxy) is 1. The third-order valence-corrected chi connectivity index (χ3v) is 3.56. The van der Waals surface area contributed by atoms with E-state index in [1.54, 1.807) is 12.1 Å². The van der Waals surface area contributed by atoms with Crippen molar-refractivity contribution in [3.8, 4) is 11.5 Å². The topological polar surface area (TPSA) is 65.0 Å².